The molecule has 0 atom stereocenters. The van der Waals surface area contributed by atoms with Crippen molar-refractivity contribution in [1.82, 2.24) is 9.97 Å². The van der Waals surface area contributed by atoms with Crippen molar-refractivity contribution in [3.8, 4) is 0 Å². The van der Waals surface area contributed by atoms with Crippen molar-refractivity contribution in [1.29, 1.82) is 0 Å². The second-order valence-electron chi connectivity index (χ2n) is 6.47. The van der Waals surface area contributed by atoms with Gasteiger partial charge >= 0.3 is 0 Å². The topological polar surface area (TPSA) is 65.7 Å². The summed E-state index contributed by atoms with van der Waals surface area (Å²) in [5.41, 5.74) is 1.49. The van der Waals surface area contributed by atoms with Gasteiger partial charge in [-0.1, -0.05) is 46.4 Å². The zero-order valence-corrected chi connectivity index (χ0v) is 16.8. The van der Waals surface area contributed by atoms with Gasteiger partial charge in [0.25, 0.3) is 0 Å². The van der Waals surface area contributed by atoms with Crippen molar-refractivity contribution in [2.45, 2.75) is 0 Å². The molecule has 0 aliphatic carbocycles. The fourth-order valence-corrected chi connectivity index (χ4v) is 4.71. The van der Waals surface area contributed by atoms with Gasteiger partial charge in [-0.05, 0) is 36.4 Å². The van der Waals surface area contributed by atoms with Crippen LogP contribution < -0.4 is 10.9 Å². The summed E-state index contributed by atoms with van der Waals surface area (Å²) in [5.74, 6) is 0. The number of halogens is 4. The summed E-state index contributed by atoms with van der Waals surface area (Å²) in [4.78, 5) is 32.4. The van der Waals surface area contributed by atoms with E-state index >= 15 is 0 Å². The van der Waals surface area contributed by atoms with E-state index in [-0.39, 0.29) is 20.9 Å². The Morgan fingerprint density at radius 3 is 1.32 bits per heavy atom. The van der Waals surface area contributed by atoms with Gasteiger partial charge in [0.2, 0.25) is 0 Å². The highest BCUT2D eigenvalue weighted by Crippen LogP contribution is 2.29. The maximum absolute atomic E-state index is 13.0. The van der Waals surface area contributed by atoms with Gasteiger partial charge in [0.1, 0.15) is 0 Å². The number of aromatic nitrogens is 2. The number of rotatable bonds is 0. The molecule has 0 saturated carbocycles. The number of hydrogen-bond acceptors (Lipinski definition) is 2. The SMILES string of the molecule is O=c1c2cc3[nH]c4cc(Cl)cc(Cl)c4c(=O)c3cc2[nH]c2cc(Cl)cc(Cl)c12. The molecule has 3 aromatic carbocycles. The molecular weight excluding hydrogens is 442 g/mol. The number of pyridine rings is 2. The van der Waals surface area contributed by atoms with E-state index in [0.29, 0.717) is 53.7 Å². The van der Waals surface area contributed by atoms with Crippen LogP contribution in [-0.4, -0.2) is 9.97 Å². The van der Waals surface area contributed by atoms with Gasteiger partial charge in [0, 0.05) is 20.8 Å². The smallest absolute Gasteiger partial charge is 0.198 e. The molecule has 0 spiro atoms. The molecule has 4 nitrogen and oxygen atoms in total. The Morgan fingerprint density at radius 1 is 0.536 bits per heavy atom. The molecule has 5 aromatic rings. The first-order valence-electron chi connectivity index (χ1n) is 8.13. The summed E-state index contributed by atoms with van der Waals surface area (Å²) in [6.07, 6.45) is 0. The monoisotopic (exact) mass is 448 g/mol. The average molecular weight is 450 g/mol. The van der Waals surface area contributed by atoms with Crippen molar-refractivity contribution in [2.75, 3.05) is 0 Å². The van der Waals surface area contributed by atoms with Crippen molar-refractivity contribution in [2.24, 2.45) is 0 Å². The third kappa shape index (κ3) is 2.53. The Morgan fingerprint density at radius 2 is 0.929 bits per heavy atom. The minimum atomic E-state index is -0.252. The zero-order chi connectivity index (χ0) is 19.7. The molecule has 0 amide bonds. The normalized spacial score (nSPS) is 11.9. The summed E-state index contributed by atoms with van der Waals surface area (Å²) in [6.45, 7) is 0. The molecule has 8 heteroatoms. The predicted octanol–water partition coefficient (Wildman–Crippen LogP) is 6.29. The van der Waals surface area contributed by atoms with E-state index in [4.69, 9.17) is 46.4 Å². The lowest BCUT2D eigenvalue weighted by Crippen LogP contribution is -2.09. The molecule has 2 N–H and O–H groups in total. The highest BCUT2D eigenvalue weighted by molar-refractivity contribution is 6.39. The number of H-pyrrole nitrogens is 2. The van der Waals surface area contributed by atoms with Gasteiger partial charge in [-0.25, -0.2) is 0 Å². The van der Waals surface area contributed by atoms with Crippen molar-refractivity contribution in [3.63, 3.8) is 0 Å². The molecule has 0 bridgehead atoms. The molecule has 0 radical (unpaired) electrons. The lowest BCUT2D eigenvalue weighted by atomic mass is 10.1. The second kappa shape index (κ2) is 6.13. The van der Waals surface area contributed by atoms with E-state index in [9.17, 15) is 9.59 Å². The number of aromatic amines is 2. The lowest BCUT2D eigenvalue weighted by molar-refractivity contribution is 1.46. The third-order valence-corrected chi connectivity index (χ3v) is 5.78. The standard InChI is InChI=1S/C20H8Cl4N2O2/c21-7-1-11(23)17-15(3-7)25-13-6-10-14(5-9(13)19(17)27)26-16-4-8(22)2-12(24)18(16)20(10)28/h1-6H,(H,25,27)(H,26,28). The van der Waals surface area contributed by atoms with Crippen LogP contribution >= 0.6 is 46.4 Å². The van der Waals surface area contributed by atoms with Crippen LogP contribution in [0.5, 0.6) is 0 Å². The van der Waals surface area contributed by atoms with Crippen LogP contribution in [0.15, 0.2) is 46.0 Å². The van der Waals surface area contributed by atoms with E-state index in [1.807, 2.05) is 0 Å². The Balaban J connectivity index is 2.02. The molecule has 28 heavy (non-hydrogen) atoms. The van der Waals surface area contributed by atoms with Crippen LogP contribution in [0.1, 0.15) is 0 Å². The molecule has 0 aliphatic rings. The van der Waals surface area contributed by atoms with Crippen LogP contribution in [0.2, 0.25) is 20.1 Å². The van der Waals surface area contributed by atoms with Crippen LogP contribution in [-0.2, 0) is 0 Å². The summed E-state index contributed by atoms with van der Waals surface area (Å²) in [6, 6.07) is 9.54. The molecule has 2 heterocycles. The molecule has 138 valence electrons. The molecule has 0 aliphatic heterocycles. The van der Waals surface area contributed by atoms with Gasteiger partial charge in [-0.2, -0.15) is 0 Å². The van der Waals surface area contributed by atoms with E-state index < -0.39 is 0 Å². The molecule has 0 unspecified atom stereocenters. The average Bonchev–Trinajstić information content (AvgIpc) is 2.60. The van der Waals surface area contributed by atoms with Crippen molar-refractivity contribution < 1.29 is 0 Å². The van der Waals surface area contributed by atoms with Gasteiger partial charge in [0.05, 0.1) is 42.9 Å². The van der Waals surface area contributed by atoms with Gasteiger partial charge in [-0.3, -0.25) is 9.59 Å². The van der Waals surface area contributed by atoms with Gasteiger partial charge in [0.15, 0.2) is 10.9 Å². The Bertz CT molecular complexity index is 1480. The van der Waals surface area contributed by atoms with E-state index in [0.717, 1.165) is 0 Å². The lowest BCUT2D eigenvalue weighted by Gasteiger charge is -2.09. The maximum atomic E-state index is 13.0. The minimum Gasteiger partial charge on any atom is -0.354 e. The van der Waals surface area contributed by atoms with Crippen LogP contribution in [0.3, 0.4) is 0 Å². The third-order valence-electron chi connectivity index (χ3n) is 4.75. The Labute approximate surface area is 176 Å². The van der Waals surface area contributed by atoms with Gasteiger partial charge < -0.3 is 9.97 Å². The fourth-order valence-electron chi connectivity index (χ4n) is 3.55. The summed E-state index contributed by atoms with van der Waals surface area (Å²) in [7, 11) is 0. The van der Waals surface area contributed by atoms with Crippen LogP contribution in [0.4, 0.5) is 0 Å². The zero-order valence-electron chi connectivity index (χ0n) is 13.8. The number of fused-ring (bicyclic) bond motifs is 4. The first kappa shape index (κ1) is 17.8. The summed E-state index contributed by atoms with van der Waals surface area (Å²) >= 11 is 24.6. The second-order valence-corrected chi connectivity index (χ2v) is 8.16. The molecular formula is C20H8Cl4N2O2. The highest BCUT2D eigenvalue weighted by Gasteiger charge is 2.15. The molecule has 5 rings (SSSR count). The van der Waals surface area contributed by atoms with Crippen molar-refractivity contribution >= 4 is 90.0 Å². The fraction of sp³-hybridized carbons (Fsp3) is 0. The Kier molecular flexibility index (Phi) is 3.90. The van der Waals surface area contributed by atoms with E-state index in [1.165, 1.54) is 12.1 Å². The number of nitrogens with one attached hydrogen (secondary N) is 2. The molecule has 0 fully saturated rings. The summed E-state index contributed by atoms with van der Waals surface area (Å²) in [5, 5.41) is 2.80. The first-order chi connectivity index (χ1) is 13.3. The Hall–Kier alpha value is -2.24. The van der Waals surface area contributed by atoms with Crippen molar-refractivity contribution in [3.05, 3.63) is 76.9 Å². The molecule has 2 aromatic heterocycles. The van der Waals surface area contributed by atoms with E-state index in [2.05, 4.69) is 9.97 Å². The van der Waals surface area contributed by atoms with Crippen LogP contribution in [0, 0.1) is 0 Å². The first-order valence-corrected chi connectivity index (χ1v) is 9.64. The molecule has 0 saturated heterocycles. The van der Waals surface area contributed by atoms with Gasteiger partial charge in [-0.15, -0.1) is 0 Å². The van der Waals surface area contributed by atoms with E-state index in [1.54, 1.807) is 24.3 Å². The minimum absolute atomic E-state index is 0.252. The number of benzene rings is 3. The largest absolute Gasteiger partial charge is 0.354 e. The summed E-state index contributed by atoms with van der Waals surface area (Å²) < 4.78 is 0. The van der Waals surface area contributed by atoms with Crippen LogP contribution in [0.25, 0.3) is 43.6 Å². The predicted molar refractivity (Wildman–Crippen MR) is 118 cm³/mol. The highest BCUT2D eigenvalue weighted by atomic mass is 35.5. The number of hydrogen-bond donors (Lipinski definition) is 2. The quantitative estimate of drug-likeness (QED) is 0.273. The maximum Gasteiger partial charge on any atom is 0.198 e.